The molecule has 156 valence electrons. The topological polar surface area (TPSA) is 77.4 Å². The average Bonchev–Trinajstić information content (AvgIpc) is 2.72. The summed E-state index contributed by atoms with van der Waals surface area (Å²) in [6.45, 7) is -0.0116. The van der Waals surface area contributed by atoms with Gasteiger partial charge in [-0.2, -0.15) is 0 Å². The quantitative estimate of drug-likeness (QED) is 0.224. The fourth-order valence-corrected chi connectivity index (χ4v) is 2.61. The van der Waals surface area contributed by atoms with Gasteiger partial charge in [0.2, 0.25) is 0 Å². The lowest BCUT2D eigenvalue weighted by molar-refractivity contribution is -0.130. The highest BCUT2D eigenvalue weighted by molar-refractivity contribution is 6.32. The predicted octanol–water partition coefficient (Wildman–Crippen LogP) is 4.12. The lowest BCUT2D eigenvalue weighted by Crippen LogP contribution is -2.07. The summed E-state index contributed by atoms with van der Waals surface area (Å²) in [5.41, 5.74) is 1.59. The van der Waals surface area contributed by atoms with E-state index in [4.69, 9.17) is 25.9 Å². The van der Waals surface area contributed by atoms with Crippen molar-refractivity contribution in [2.75, 3.05) is 20.8 Å². The van der Waals surface area contributed by atoms with Gasteiger partial charge in [-0.25, -0.2) is 9.18 Å². The molecular weight excluding hydrogens is 413 g/mol. The molecule has 0 fully saturated rings. The molecule has 0 unspecified atom stereocenters. The minimum absolute atomic E-state index is 0.0733. The summed E-state index contributed by atoms with van der Waals surface area (Å²) in [6, 6.07) is 10.5. The van der Waals surface area contributed by atoms with Crippen molar-refractivity contribution in [2.24, 2.45) is 5.16 Å². The van der Waals surface area contributed by atoms with Crippen LogP contribution in [0.2, 0.25) is 5.02 Å². The monoisotopic (exact) mass is 431 g/mol. The molecule has 0 aliphatic carbocycles. The van der Waals surface area contributed by atoms with E-state index in [1.165, 1.54) is 26.4 Å². The highest BCUT2D eigenvalue weighted by Gasteiger charge is 2.17. The number of hydrogen-bond donors (Lipinski definition) is 1. The van der Waals surface area contributed by atoms with Crippen LogP contribution in [0.3, 0.4) is 0 Å². The molecule has 0 aliphatic heterocycles. The Bertz CT molecular complexity index is 1010. The molecule has 2 aromatic carbocycles. The van der Waals surface area contributed by atoms with E-state index in [9.17, 15) is 14.3 Å². The molecule has 8 heteroatoms. The second-order valence-corrected chi connectivity index (χ2v) is 6.25. The number of carboxylic acids is 1. The van der Waals surface area contributed by atoms with E-state index in [-0.39, 0.29) is 24.6 Å². The summed E-state index contributed by atoms with van der Waals surface area (Å²) >= 11 is 6.24. The van der Waals surface area contributed by atoms with Crippen LogP contribution in [-0.2, 0) is 25.7 Å². The van der Waals surface area contributed by atoms with Crippen molar-refractivity contribution in [2.45, 2.75) is 6.61 Å². The number of carbonyl (C=O) groups is 1. The molecule has 2 rings (SSSR count). The van der Waals surface area contributed by atoms with Gasteiger partial charge in [0, 0.05) is 28.8 Å². The van der Waals surface area contributed by atoms with Gasteiger partial charge in [0.1, 0.15) is 18.0 Å². The molecule has 0 atom stereocenters. The van der Waals surface area contributed by atoms with Crippen LogP contribution in [0.5, 0.6) is 0 Å². The maximum absolute atomic E-state index is 13.0. The number of benzene rings is 2. The van der Waals surface area contributed by atoms with Gasteiger partial charge in [-0.1, -0.05) is 34.8 Å². The molecule has 0 bridgehead atoms. The van der Waals surface area contributed by atoms with Crippen LogP contribution in [-0.4, -0.2) is 37.6 Å². The summed E-state index contributed by atoms with van der Waals surface area (Å²) in [6.07, 6.45) is 1.12. The zero-order chi connectivity index (χ0) is 21.9. The van der Waals surface area contributed by atoms with Gasteiger partial charge < -0.3 is 19.4 Å². The SMILES string of the molecule is CO/C=C(/C(=O)O)c1cccc(Cl)c1CO/N=C(/C#Cc1ccc(F)cc1)COC. The first kappa shape index (κ1) is 22.9. The standard InChI is InChI=1S/C22H19ClFNO5/c1-28-12-17(11-8-15-6-9-16(24)10-7-15)25-30-14-19-18(4-3-5-21(19)23)20(13-29-2)22(26)27/h3-7,9-10,13H,12,14H2,1-2H3,(H,26,27)/b20-13+,25-17-. The van der Waals surface area contributed by atoms with Crippen LogP contribution in [0.25, 0.3) is 5.57 Å². The summed E-state index contributed by atoms with van der Waals surface area (Å²) in [5, 5.41) is 13.7. The maximum Gasteiger partial charge on any atom is 0.339 e. The van der Waals surface area contributed by atoms with E-state index in [0.29, 0.717) is 27.4 Å². The number of hydrogen-bond acceptors (Lipinski definition) is 5. The Kier molecular flexibility index (Phi) is 8.88. The summed E-state index contributed by atoms with van der Waals surface area (Å²) in [7, 11) is 2.83. The molecule has 0 heterocycles. The normalized spacial score (nSPS) is 11.5. The predicted molar refractivity (Wildman–Crippen MR) is 111 cm³/mol. The third kappa shape index (κ3) is 6.62. The average molecular weight is 432 g/mol. The maximum atomic E-state index is 13.0. The first-order valence-corrected chi connectivity index (χ1v) is 9.03. The van der Waals surface area contributed by atoms with Crippen LogP contribution >= 0.6 is 11.6 Å². The number of aliphatic carboxylic acids is 1. The molecule has 0 saturated heterocycles. The lowest BCUT2D eigenvalue weighted by atomic mass is 10.0. The van der Waals surface area contributed by atoms with Gasteiger partial charge in [0.15, 0.2) is 5.71 Å². The summed E-state index contributed by atoms with van der Waals surface area (Å²) in [4.78, 5) is 16.9. The third-order valence-electron chi connectivity index (χ3n) is 3.74. The molecule has 2 aromatic rings. The van der Waals surface area contributed by atoms with Crippen LogP contribution in [0, 0.1) is 17.7 Å². The van der Waals surface area contributed by atoms with Crippen LogP contribution < -0.4 is 0 Å². The largest absolute Gasteiger partial charge is 0.503 e. The molecule has 0 aliphatic rings. The molecule has 0 spiro atoms. The molecule has 0 amide bonds. The Labute approximate surface area is 178 Å². The van der Waals surface area contributed by atoms with Crippen LogP contribution in [0.15, 0.2) is 53.9 Å². The van der Waals surface area contributed by atoms with Crippen molar-refractivity contribution in [3.8, 4) is 11.8 Å². The van der Waals surface area contributed by atoms with Crippen molar-refractivity contribution in [3.05, 3.63) is 76.3 Å². The molecule has 0 aromatic heterocycles. The first-order valence-electron chi connectivity index (χ1n) is 8.65. The minimum atomic E-state index is -1.17. The van der Waals surface area contributed by atoms with E-state index >= 15 is 0 Å². The number of halogens is 2. The number of nitrogens with zero attached hydrogens (tertiary/aromatic N) is 1. The Hall–Kier alpha value is -3.34. The van der Waals surface area contributed by atoms with Crippen LogP contribution in [0.1, 0.15) is 16.7 Å². The summed E-state index contributed by atoms with van der Waals surface area (Å²) in [5.74, 6) is 4.12. The first-order chi connectivity index (χ1) is 14.5. The second-order valence-electron chi connectivity index (χ2n) is 5.84. The lowest BCUT2D eigenvalue weighted by Gasteiger charge is -2.11. The fourth-order valence-electron chi connectivity index (χ4n) is 2.38. The van der Waals surface area contributed by atoms with Crippen molar-refractivity contribution in [1.82, 2.24) is 0 Å². The van der Waals surface area contributed by atoms with Crippen molar-refractivity contribution >= 4 is 28.9 Å². The molecule has 0 saturated carbocycles. The van der Waals surface area contributed by atoms with Gasteiger partial charge in [-0.05, 0) is 36.3 Å². The van der Waals surface area contributed by atoms with Crippen molar-refractivity contribution < 1.29 is 28.6 Å². The third-order valence-corrected chi connectivity index (χ3v) is 4.09. The number of methoxy groups -OCH3 is 2. The zero-order valence-electron chi connectivity index (χ0n) is 16.3. The Morgan fingerprint density at radius 3 is 2.60 bits per heavy atom. The van der Waals surface area contributed by atoms with E-state index in [2.05, 4.69) is 17.0 Å². The number of ether oxygens (including phenoxy) is 2. The van der Waals surface area contributed by atoms with Crippen molar-refractivity contribution in [3.63, 3.8) is 0 Å². The molecule has 0 radical (unpaired) electrons. The van der Waals surface area contributed by atoms with E-state index in [1.54, 1.807) is 30.3 Å². The van der Waals surface area contributed by atoms with E-state index in [1.807, 2.05) is 0 Å². The van der Waals surface area contributed by atoms with E-state index < -0.39 is 5.97 Å². The smallest absolute Gasteiger partial charge is 0.339 e. The van der Waals surface area contributed by atoms with Gasteiger partial charge >= 0.3 is 5.97 Å². The highest BCUT2D eigenvalue weighted by atomic mass is 35.5. The van der Waals surface area contributed by atoms with Crippen LogP contribution in [0.4, 0.5) is 4.39 Å². The molecule has 30 heavy (non-hydrogen) atoms. The second kappa shape index (κ2) is 11.6. The van der Waals surface area contributed by atoms with Gasteiger partial charge in [-0.15, -0.1) is 0 Å². The van der Waals surface area contributed by atoms with Gasteiger partial charge in [-0.3, -0.25) is 0 Å². The Morgan fingerprint density at radius 1 is 1.23 bits per heavy atom. The van der Waals surface area contributed by atoms with Gasteiger partial charge in [0.25, 0.3) is 0 Å². The molecule has 6 nitrogen and oxygen atoms in total. The van der Waals surface area contributed by atoms with Crippen molar-refractivity contribution in [1.29, 1.82) is 0 Å². The van der Waals surface area contributed by atoms with Gasteiger partial charge in [0.05, 0.1) is 20.0 Å². The number of rotatable bonds is 8. The Morgan fingerprint density at radius 2 is 1.97 bits per heavy atom. The molecular formula is C22H19ClFNO5. The minimum Gasteiger partial charge on any atom is -0.503 e. The highest BCUT2D eigenvalue weighted by Crippen LogP contribution is 2.27. The Balaban J connectivity index is 2.24. The summed E-state index contributed by atoms with van der Waals surface area (Å²) < 4.78 is 22.9. The van der Waals surface area contributed by atoms with E-state index in [0.717, 1.165) is 6.26 Å². The number of oxime groups is 1. The number of carboxylic acid groups (broad SMARTS) is 1. The zero-order valence-corrected chi connectivity index (χ0v) is 17.1. The fraction of sp³-hybridized carbons (Fsp3) is 0.182. The molecule has 1 N–H and O–H groups in total.